The van der Waals surface area contributed by atoms with Crippen molar-refractivity contribution in [2.24, 2.45) is 0 Å². The smallest absolute Gasteiger partial charge is 0.142 e. The van der Waals surface area contributed by atoms with Crippen molar-refractivity contribution >= 4 is 39.0 Å². The van der Waals surface area contributed by atoms with Gasteiger partial charge in [-0.05, 0) is 29.1 Å². The fraction of sp³-hybridized carbons (Fsp3) is 0. The number of thiophene rings is 1. The zero-order chi connectivity index (χ0) is 13.2. The molecule has 0 atom stereocenters. The van der Waals surface area contributed by atoms with Crippen LogP contribution in [0.4, 0.5) is 11.5 Å². The number of nitrogens with one attached hydrogen (secondary N) is 1. The molecule has 0 saturated heterocycles. The number of hydrogen-bond acceptors (Lipinski definition) is 6. The average molecular weight is 270 g/mol. The molecule has 0 aliphatic heterocycles. The van der Waals surface area contributed by atoms with Crippen molar-refractivity contribution in [2.75, 3.05) is 5.32 Å². The van der Waals surface area contributed by atoms with E-state index in [0.717, 1.165) is 10.2 Å². The van der Waals surface area contributed by atoms with Gasteiger partial charge in [0.15, 0.2) is 0 Å². The van der Waals surface area contributed by atoms with Crippen LogP contribution in [0.2, 0.25) is 0 Å². The largest absolute Gasteiger partial charge is 0.545 e. The van der Waals surface area contributed by atoms with Gasteiger partial charge < -0.3 is 15.2 Å². The summed E-state index contributed by atoms with van der Waals surface area (Å²) in [6.07, 6.45) is 1.48. The van der Waals surface area contributed by atoms with Crippen molar-refractivity contribution in [1.29, 1.82) is 0 Å². The van der Waals surface area contributed by atoms with Crippen molar-refractivity contribution < 1.29 is 9.90 Å². The minimum Gasteiger partial charge on any atom is -0.545 e. The minimum absolute atomic E-state index is 0.126. The molecule has 2 aromatic heterocycles. The third kappa shape index (κ3) is 2.25. The summed E-state index contributed by atoms with van der Waals surface area (Å²) in [6, 6.07) is 8.34. The highest BCUT2D eigenvalue weighted by Gasteiger charge is 2.05. The summed E-state index contributed by atoms with van der Waals surface area (Å²) in [4.78, 5) is 20.0. The Morgan fingerprint density at radius 1 is 1.26 bits per heavy atom. The van der Waals surface area contributed by atoms with Crippen LogP contribution < -0.4 is 10.4 Å². The first-order chi connectivity index (χ1) is 9.24. The van der Waals surface area contributed by atoms with Crippen LogP contribution in [0, 0.1) is 0 Å². The van der Waals surface area contributed by atoms with Gasteiger partial charge in [-0.3, -0.25) is 0 Å². The quantitative estimate of drug-likeness (QED) is 0.785. The van der Waals surface area contributed by atoms with Crippen LogP contribution in [-0.2, 0) is 0 Å². The number of anilines is 2. The molecule has 6 heteroatoms. The fourth-order valence-electron chi connectivity index (χ4n) is 1.75. The first-order valence-corrected chi connectivity index (χ1v) is 6.38. The molecule has 0 amide bonds. The fourth-order valence-corrected chi connectivity index (χ4v) is 2.48. The van der Waals surface area contributed by atoms with Gasteiger partial charge in [-0.1, -0.05) is 12.1 Å². The summed E-state index contributed by atoms with van der Waals surface area (Å²) in [7, 11) is 0. The number of nitrogens with zero attached hydrogens (tertiary/aromatic N) is 2. The van der Waals surface area contributed by atoms with Crippen molar-refractivity contribution in [3.05, 3.63) is 47.6 Å². The van der Waals surface area contributed by atoms with Crippen molar-refractivity contribution in [2.45, 2.75) is 0 Å². The molecular formula is C13H8N3O2S-. The molecule has 0 aliphatic carbocycles. The lowest BCUT2D eigenvalue weighted by Gasteiger charge is -2.08. The molecule has 0 bridgehead atoms. The molecule has 3 aromatic rings. The van der Waals surface area contributed by atoms with E-state index in [1.807, 2.05) is 11.4 Å². The van der Waals surface area contributed by atoms with Gasteiger partial charge in [-0.15, -0.1) is 11.3 Å². The van der Waals surface area contributed by atoms with Gasteiger partial charge in [0.25, 0.3) is 0 Å². The van der Waals surface area contributed by atoms with E-state index >= 15 is 0 Å². The highest BCUT2D eigenvalue weighted by molar-refractivity contribution is 7.16. The Kier molecular flexibility index (Phi) is 2.85. The lowest BCUT2D eigenvalue weighted by atomic mass is 10.2. The lowest BCUT2D eigenvalue weighted by molar-refractivity contribution is -0.255. The molecule has 3 rings (SSSR count). The third-order valence-corrected chi connectivity index (χ3v) is 3.44. The van der Waals surface area contributed by atoms with Crippen molar-refractivity contribution in [1.82, 2.24) is 9.97 Å². The van der Waals surface area contributed by atoms with Crippen LogP contribution in [0.1, 0.15) is 10.4 Å². The average Bonchev–Trinajstić information content (AvgIpc) is 2.88. The topological polar surface area (TPSA) is 77.9 Å². The molecule has 0 unspecified atom stereocenters. The minimum atomic E-state index is -1.20. The van der Waals surface area contributed by atoms with Crippen LogP contribution >= 0.6 is 11.3 Å². The van der Waals surface area contributed by atoms with Crippen LogP contribution in [-0.4, -0.2) is 15.9 Å². The number of aromatic nitrogens is 2. The first-order valence-electron chi connectivity index (χ1n) is 5.51. The predicted octanol–water partition coefficient (Wildman–Crippen LogP) is 1.80. The maximum atomic E-state index is 10.8. The molecule has 0 spiro atoms. The van der Waals surface area contributed by atoms with Crippen LogP contribution in [0.3, 0.4) is 0 Å². The number of aromatic carboxylic acids is 1. The Labute approximate surface area is 112 Å². The van der Waals surface area contributed by atoms with Crippen LogP contribution in [0.15, 0.2) is 42.0 Å². The highest BCUT2D eigenvalue weighted by Crippen LogP contribution is 2.26. The van der Waals surface area contributed by atoms with Crippen molar-refractivity contribution in [3.8, 4) is 0 Å². The molecule has 1 aromatic carbocycles. The number of benzene rings is 1. The van der Waals surface area contributed by atoms with Crippen molar-refractivity contribution in [3.63, 3.8) is 0 Å². The van der Waals surface area contributed by atoms with Gasteiger partial charge in [0, 0.05) is 5.69 Å². The van der Waals surface area contributed by atoms with E-state index in [0.29, 0.717) is 11.5 Å². The second kappa shape index (κ2) is 4.66. The number of carbonyl (C=O) groups excluding carboxylic acids is 1. The second-order valence-electron chi connectivity index (χ2n) is 3.85. The van der Waals surface area contributed by atoms with E-state index in [-0.39, 0.29) is 5.56 Å². The van der Waals surface area contributed by atoms with Crippen LogP contribution in [0.5, 0.6) is 0 Å². The van der Waals surface area contributed by atoms with Gasteiger partial charge in [0.1, 0.15) is 17.0 Å². The number of fused-ring (bicyclic) bond motifs is 1. The van der Waals surface area contributed by atoms with E-state index in [2.05, 4.69) is 15.3 Å². The van der Waals surface area contributed by atoms with Gasteiger partial charge in [0.2, 0.25) is 0 Å². The van der Waals surface area contributed by atoms with Gasteiger partial charge >= 0.3 is 0 Å². The van der Waals surface area contributed by atoms with Gasteiger partial charge in [-0.25, -0.2) is 9.97 Å². The number of rotatable bonds is 3. The molecular weight excluding hydrogens is 262 g/mol. The Morgan fingerprint density at radius 3 is 3.00 bits per heavy atom. The molecule has 0 radical (unpaired) electrons. The maximum absolute atomic E-state index is 10.8. The lowest BCUT2D eigenvalue weighted by Crippen LogP contribution is -2.22. The molecule has 0 fully saturated rings. The summed E-state index contributed by atoms with van der Waals surface area (Å²) in [6.45, 7) is 0. The Hall–Kier alpha value is -2.47. The molecule has 1 N–H and O–H groups in total. The summed E-state index contributed by atoms with van der Waals surface area (Å²) < 4.78 is 0. The molecule has 94 valence electrons. The van der Waals surface area contributed by atoms with Gasteiger partial charge in [0.05, 0.1) is 11.4 Å². The van der Waals surface area contributed by atoms with E-state index in [9.17, 15) is 9.90 Å². The van der Waals surface area contributed by atoms with E-state index < -0.39 is 5.97 Å². The zero-order valence-corrected chi connectivity index (χ0v) is 10.5. The first kappa shape index (κ1) is 11.6. The Bertz CT molecular complexity index is 754. The number of carboxylic acids is 1. The number of carboxylic acid groups (broad SMARTS) is 1. The summed E-state index contributed by atoms with van der Waals surface area (Å²) in [5.41, 5.74) is 0.772. The number of hydrogen-bond donors (Lipinski definition) is 1. The molecule has 2 heterocycles. The molecule has 0 aliphatic rings. The Morgan fingerprint density at radius 2 is 2.16 bits per heavy atom. The molecule has 19 heavy (non-hydrogen) atoms. The number of carbonyl (C=O) groups is 1. The van der Waals surface area contributed by atoms with E-state index in [1.165, 1.54) is 29.8 Å². The predicted molar refractivity (Wildman–Crippen MR) is 71.5 cm³/mol. The Balaban J connectivity index is 1.99. The maximum Gasteiger partial charge on any atom is 0.142 e. The van der Waals surface area contributed by atoms with Gasteiger partial charge in [-0.2, -0.15) is 0 Å². The van der Waals surface area contributed by atoms with E-state index in [4.69, 9.17) is 0 Å². The van der Waals surface area contributed by atoms with Crippen LogP contribution in [0.25, 0.3) is 10.2 Å². The SMILES string of the molecule is O=C([O-])c1cccc(Nc2ncnc3sccc23)c1. The summed E-state index contributed by atoms with van der Waals surface area (Å²) in [5.74, 6) is -0.547. The highest BCUT2D eigenvalue weighted by atomic mass is 32.1. The second-order valence-corrected chi connectivity index (χ2v) is 4.75. The van der Waals surface area contributed by atoms with E-state index in [1.54, 1.807) is 12.1 Å². The summed E-state index contributed by atoms with van der Waals surface area (Å²) >= 11 is 1.52. The third-order valence-electron chi connectivity index (χ3n) is 2.62. The monoisotopic (exact) mass is 270 g/mol. The standard InChI is InChI=1S/C13H9N3O2S/c17-13(18)8-2-1-3-9(6-8)16-11-10-4-5-19-12(10)15-7-14-11/h1-7H,(H,17,18)(H,14,15,16)/p-1. The normalized spacial score (nSPS) is 10.5. The molecule has 5 nitrogen and oxygen atoms in total. The summed E-state index contributed by atoms with van der Waals surface area (Å²) in [5, 5.41) is 16.7. The zero-order valence-electron chi connectivity index (χ0n) is 9.66. The molecule has 0 saturated carbocycles.